The van der Waals surface area contributed by atoms with Gasteiger partial charge in [-0.2, -0.15) is 0 Å². The van der Waals surface area contributed by atoms with Crippen LogP contribution < -0.4 is 5.73 Å². The van der Waals surface area contributed by atoms with Crippen LogP contribution in [0.3, 0.4) is 0 Å². The first-order valence-corrected chi connectivity index (χ1v) is 5.69. The Balaban J connectivity index is 2.02. The molecule has 1 aliphatic heterocycles. The second-order valence-corrected chi connectivity index (χ2v) is 4.88. The van der Waals surface area contributed by atoms with Gasteiger partial charge in [0.1, 0.15) is 0 Å². The fourth-order valence-electron chi connectivity index (χ4n) is 2.55. The number of carbonyl (C=O) groups is 1. The predicted molar refractivity (Wildman–Crippen MR) is 55.7 cm³/mol. The molecule has 1 heterocycles. The van der Waals surface area contributed by atoms with Gasteiger partial charge >= 0.3 is 0 Å². The van der Waals surface area contributed by atoms with Crippen molar-refractivity contribution in [2.45, 2.75) is 57.7 Å². The van der Waals surface area contributed by atoms with Crippen LogP contribution in [-0.2, 0) is 4.79 Å². The highest BCUT2D eigenvalue weighted by Crippen LogP contribution is 2.34. The summed E-state index contributed by atoms with van der Waals surface area (Å²) in [6.45, 7) is 4.31. The third-order valence-electron chi connectivity index (χ3n) is 3.61. The van der Waals surface area contributed by atoms with Gasteiger partial charge < -0.3 is 10.6 Å². The SMILES string of the molecule is CC1CCCC(C)N1C(=O)C1CC1N. The molecule has 2 rings (SSSR count). The fraction of sp³-hybridized carbons (Fsp3) is 0.909. The molecule has 0 spiro atoms. The molecular formula is C11H20N2O. The van der Waals surface area contributed by atoms with Crippen molar-refractivity contribution in [3.05, 3.63) is 0 Å². The van der Waals surface area contributed by atoms with Crippen molar-refractivity contribution < 1.29 is 4.79 Å². The van der Waals surface area contributed by atoms with E-state index >= 15 is 0 Å². The topological polar surface area (TPSA) is 46.3 Å². The van der Waals surface area contributed by atoms with Gasteiger partial charge in [0.2, 0.25) is 5.91 Å². The van der Waals surface area contributed by atoms with Gasteiger partial charge in [0.25, 0.3) is 0 Å². The van der Waals surface area contributed by atoms with Gasteiger partial charge in [0, 0.05) is 18.1 Å². The minimum Gasteiger partial charge on any atom is -0.337 e. The molecule has 0 radical (unpaired) electrons. The van der Waals surface area contributed by atoms with E-state index in [1.165, 1.54) is 6.42 Å². The molecule has 14 heavy (non-hydrogen) atoms. The van der Waals surface area contributed by atoms with E-state index in [1.807, 2.05) is 0 Å². The first kappa shape index (κ1) is 9.97. The van der Waals surface area contributed by atoms with Crippen molar-refractivity contribution >= 4 is 5.91 Å². The highest BCUT2D eigenvalue weighted by molar-refractivity contribution is 5.83. The number of hydrogen-bond acceptors (Lipinski definition) is 2. The normalized spacial score (nSPS) is 42.4. The minimum absolute atomic E-state index is 0.137. The van der Waals surface area contributed by atoms with Crippen molar-refractivity contribution in [1.29, 1.82) is 0 Å². The van der Waals surface area contributed by atoms with Crippen molar-refractivity contribution in [1.82, 2.24) is 4.90 Å². The van der Waals surface area contributed by atoms with E-state index in [1.54, 1.807) is 0 Å². The predicted octanol–water partition coefficient (Wildman–Crippen LogP) is 1.12. The van der Waals surface area contributed by atoms with Crippen LogP contribution in [-0.4, -0.2) is 28.9 Å². The van der Waals surface area contributed by atoms with Crippen molar-refractivity contribution in [3.8, 4) is 0 Å². The van der Waals surface area contributed by atoms with Crippen molar-refractivity contribution in [3.63, 3.8) is 0 Å². The summed E-state index contributed by atoms with van der Waals surface area (Å²) in [6.07, 6.45) is 4.45. The van der Waals surface area contributed by atoms with Crippen LogP contribution >= 0.6 is 0 Å². The molecule has 1 aliphatic carbocycles. The van der Waals surface area contributed by atoms with Crippen LogP contribution in [0, 0.1) is 5.92 Å². The van der Waals surface area contributed by atoms with Crippen LogP contribution in [0.4, 0.5) is 0 Å². The summed E-state index contributed by atoms with van der Waals surface area (Å²) in [7, 11) is 0. The summed E-state index contributed by atoms with van der Waals surface area (Å²) in [5, 5.41) is 0. The zero-order valence-electron chi connectivity index (χ0n) is 9.07. The smallest absolute Gasteiger partial charge is 0.227 e. The Labute approximate surface area is 85.6 Å². The molecule has 1 saturated heterocycles. The van der Waals surface area contributed by atoms with E-state index in [9.17, 15) is 4.79 Å². The lowest BCUT2D eigenvalue weighted by molar-refractivity contribution is -0.138. The van der Waals surface area contributed by atoms with E-state index in [0.717, 1.165) is 19.3 Å². The van der Waals surface area contributed by atoms with Gasteiger partial charge in [-0.25, -0.2) is 0 Å². The zero-order valence-corrected chi connectivity index (χ0v) is 9.07. The standard InChI is InChI=1S/C11H20N2O/c1-7-4-3-5-8(2)13(7)11(14)9-6-10(9)12/h7-10H,3-6,12H2,1-2H3. The molecular weight excluding hydrogens is 176 g/mol. The summed E-state index contributed by atoms with van der Waals surface area (Å²) >= 11 is 0. The maximum absolute atomic E-state index is 12.0. The third kappa shape index (κ3) is 1.65. The van der Waals surface area contributed by atoms with Crippen LogP contribution in [0.25, 0.3) is 0 Å². The molecule has 0 aromatic heterocycles. The maximum Gasteiger partial charge on any atom is 0.227 e. The molecule has 4 unspecified atom stereocenters. The summed E-state index contributed by atoms with van der Waals surface area (Å²) in [4.78, 5) is 14.1. The molecule has 2 aliphatic rings. The van der Waals surface area contributed by atoms with Gasteiger partial charge in [0.15, 0.2) is 0 Å². The third-order valence-corrected chi connectivity index (χ3v) is 3.61. The molecule has 0 aromatic rings. The van der Waals surface area contributed by atoms with E-state index in [2.05, 4.69) is 18.7 Å². The van der Waals surface area contributed by atoms with Gasteiger partial charge in [-0.1, -0.05) is 0 Å². The lowest BCUT2D eigenvalue weighted by Crippen LogP contribution is -2.48. The second-order valence-electron chi connectivity index (χ2n) is 4.88. The first-order valence-electron chi connectivity index (χ1n) is 5.69. The van der Waals surface area contributed by atoms with Gasteiger partial charge in [0.05, 0.1) is 5.92 Å². The number of nitrogens with two attached hydrogens (primary N) is 1. The fourth-order valence-corrected chi connectivity index (χ4v) is 2.55. The van der Waals surface area contributed by atoms with Crippen LogP contribution in [0.2, 0.25) is 0 Å². The summed E-state index contributed by atoms with van der Waals surface area (Å²) in [5.41, 5.74) is 5.72. The highest BCUT2D eigenvalue weighted by atomic mass is 16.2. The van der Waals surface area contributed by atoms with Crippen molar-refractivity contribution in [2.75, 3.05) is 0 Å². The molecule has 3 nitrogen and oxygen atoms in total. The van der Waals surface area contributed by atoms with Crippen LogP contribution in [0.5, 0.6) is 0 Å². The number of piperidine rings is 1. The largest absolute Gasteiger partial charge is 0.337 e. The summed E-state index contributed by atoms with van der Waals surface area (Å²) in [5.74, 6) is 0.440. The highest BCUT2D eigenvalue weighted by Gasteiger charge is 2.44. The van der Waals surface area contributed by atoms with Gasteiger partial charge in [-0.05, 0) is 39.5 Å². The Morgan fingerprint density at radius 3 is 2.21 bits per heavy atom. The van der Waals surface area contributed by atoms with E-state index in [0.29, 0.717) is 18.0 Å². The van der Waals surface area contributed by atoms with Crippen LogP contribution in [0.1, 0.15) is 39.5 Å². The second kappa shape index (κ2) is 3.54. The Morgan fingerprint density at radius 1 is 1.29 bits per heavy atom. The number of hydrogen-bond donors (Lipinski definition) is 1. The van der Waals surface area contributed by atoms with E-state index in [4.69, 9.17) is 5.73 Å². The lowest BCUT2D eigenvalue weighted by Gasteiger charge is -2.39. The van der Waals surface area contributed by atoms with Gasteiger partial charge in [-0.3, -0.25) is 4.79 Å². The summed E-state index contributed by atoms with van der Waals surface area (Å²) < 4.78 is 0. The quantitative estimate of drug-likeness (QED) is 0.683. The lowest BCUT2D eigenvalue weighted by atomic mass is 9.97. The molecule has 1 saturated carbocycles. The molecule has 4 atom stereocenters. The van der Waals surface area contributed by atoms with E-state index < -0.39 is 0 Å². The molecule has 0 bridgehead atoms. The minimum atomic E-state index is 0.137. The molecule has 3 heteroatoms. The number of likely N-dealkylation sites (tertiary alicyclic amines) is 1. The van der Waals surface area contributed by atoms with Crippen LogP contribution in [0.15, 0.2) is 0 Å². The summed E-state index contributed by atoms with van der Waals surface area (Å²) in [6, 6.07) is 0.974. The number of rotatable bonds is 1. The number of nitrogens with zero attached hydrogens (tertiary/aromatic N) is 1. The molecule has 80 valence electrons. The Hall–Kier alpha value is -0.570. The Kier molecular flexibility index (Phi) is 2.52. The average molecular weight is 196 g/mol. The average Bonchev–Trinajstić information content (AvgIpc) is 2.82. The van der Waals surface area contributed by atoms with Crippen molar-refractivity contribution in [2.24, 2.45) is 11.7 Å². The van der Waals surface area contributed by atoms with Gasteiger partial charge in [-0.15, -0.1) is 0 Å². The van der Waals surface area contributed by atoms with E-state index in [-0.39, 0.29) is 12.0 Å². The Morgan fingerprint density at radius 2 is 1.79 bits per heavy atom. The maximum atomic E-state index is 12.0. The molecule has 0 aromatic carbocycles. The Bertz CT molecular complexity index is 231. The number of carbonyl (C=O) groups excluding carboxylic acids is 1. The number of amides is 1. The zero-order chi connectivity index (χ0) is 10.3. The molecule has 2 N–H and O–H groups in total. The first-order chi connectivity index (χ1) is 6.61. The molecule has 1 amide bonds. The monoisotopic (exact) mass is 196 g/mol. The molecule has 2 fully saturated rings.